The molecular formula is C10H18O2. The quantitative estimate of drug-likeness (QED) is 0.564. The number of rotatable bonds is 1. The fourth-order valence-corrected chi connectivity index (χ4v) is 2.07. The minimum Gasteiger partial charge on any atom is -0.469 e. The highest BCUT2D eigenvalue weighted by Gasteiger charge is 2.44. The van der Waals surface area contributed by atoms with E-state index in [9.17, 15) is 4.79 Å². The molecule has 1 saturated carbocycles. The van der Waals surface area contributed by atoms with E-state index in [-0.39, 0.29) is 17.3 Å². The normalized spacial score (nSPS) is 33.3. The molecule has 0 heterocycles. The minimum absolute atomic E-state index is 0.0376. The van der Waals surface area contributed by atoms with Gasteiger partial charge < -0.3 is 4.74 Å². The van der Waals surface area contributed by atoms with Crippen LogP contribution in [0, 0.1) is 17.3 Å². The fraction of sp³-hybridized carbons (Fsp3) is 0.900. The lowest BCUT2D eigenvalue weighted by molar-refractivity contribution is -0.149. The van der Waals surface area contributed by atoms with Gasteiger partial charge >= 0.3 is 5.97 Å². The zero-order valence-electron chi connectivity index (χ0n) is 8.39. The molecule has 70 valence electrons. The molecule has 0 spiro atoms. The van der Waals surface area contributed by atoms with Crippen LogP contribution in [0.4, 0.5) is 0 Å². The van der Waals surface area contributed by atoms with Crippen LogP contribution in [0.3, 0.4) is 0 Å². The van der Waals surface area contributed by atoms with E-state index < -0.39 is 0 Å². The summed E-state index contributed by atoms with van der Waals surface area (Å²) in [5, 5.41) is 0. The van der Waals surface area contributed by atoms with E-state index in [2.05, 4.69) is 20.8 Å². The monoisotopic (exact) mass is 170 g/mol. The maximum absolute atomic E-state index is 11.4. The first-order valence-electron chi connectivity index (χ1n) is 4.58. The molecule has 1 rings (SSSR count). The maximum Gasteiger partial charge on any atom is 0.309 e. The third kappa shape index (κ3) is 1.35. The lowest BCUT2D eigenvalue weighted by Crippen LogP contribution is -2.30. The number of methoxy groups -OCH3 is 1. The van der Waals surface area contributed by atoms with E-state index >= 15 is 0 Å². The summed E-state index contributed by atoms with van der Waals surface area (Å²) in [4.78, 5) is 11.4. The molecule has 0 aromatic heterocycles. The molecule has 0 aliphatic heterocycles. The van der Waals surface area contributed by atoms with Gasteiger partial charge in [0, 0.05) is 0 Å². The van der Waals surface area contributed by atoms with E-state index in [1.54, 1.807) is 0 Å². The second kappa shape index (κ2) is 3.08. The summed E-state index contributed by atoms with van der Waals surface area (Å²) in [6.45, 7) is 6.53. The third-order valence-corrected chi connectivity index (χ3v) is 3.54. The van der Waals surface area contributed by atoms with Crippen LogP contribution in [-0.4, -0.2) is 13.1 Å². The van der Waals surface area contributed by atoms with Gasteiger partial charge in [0.2, 0.25) is 0 Å². The first-order chi connectivity index (χ1) is 5.50. The zero-order valence-corrected chi connectivity index (χ0v) is 8.39. The van der Waals surface area contributed by atoms with Crippen LogP contribution < -0.4 is 0 Å². The van der Waals surface area contributed by atoms with Gasteiger partial charge in [-0.25, -0.2) is 0 Å². The summed E-state index contributed by atoms with van der Waals surface area (Å²) in [6, 6.07) is 0. The molecule has 0 saturated heterocycles. The van der Waals surface area contributed by atoms with E-state index in [0.29, 0.717) is 5.92 Å². The Kier molecular flexibility index (Phi) is 2.45. The highest BCUT2D eigenvalue weighted by atomic mass is 16.5. The van der Waals surface area contributed by atoms with E-state index in [1.165, 1.54) is 7.11 Å². The van der Waals surface area contributed by atoms with Crippen molar-refractivity contribution >= 4 is 5.97 Å². The Labute approximate surface area is 74.3 Å². The molecule has 0 bridgehead atoms. The smallest absolute Gasteiger partial charge is 0.309 e. The predicted octanol–water partition coefficient (Wildman–Crippen LogP) is 2.23. The van der Waals surface area contributed by atoms with Crippen molar-refractivity contribution < 1.29 is 9.53 Å². The lowest BCUT2D eigenvalue weighted by atomic mass is 9.76. The van der Waals surface area contributed by atoms with Crippen LogP contribution in [0.15, 0.2) is 0 Å². The Morgan fingerprint density at radius 2 is 2.00 bits per heavy atom. The van der Waals surface area contributed by atoms with Crippen molar-refractivity contribution in [3.05, 3.63) is 0 Å². The number of hydrogen-bond donors (Lipinski definition) is 0. The second-order valence-corrected chi connectivity index (χ2v) is 4.38. The van der Waals surface area contributed by atoms with Crippen LogP contribution in [-0.2, 0) is 9.53 Å². The number of carbonyl (C=O) groups is 1. The van der Waals surface area contributed by atoms with Gasteiger partial charge in [-0.15, -0.1) is 0 Å². The van der Waals surface area contributed by atoms with Gasteiger partial charge in [0.25, 0.3) is 0 Å². The van der Waals surface area contributed by atoms with E-state index in [1.807, 2.05) is 0 Å². The van der Waals surface area contributed by atoms with Gasteiger partial charge in [0.1, 0.15) is 0 Å². The average molecular weight is 170 g/mol. The molecule has 0 N–H and O–H groups in total. The van der Waals surface area contributed by atoms with Crippen molar-refractivity contribution in [1.82, 2.24) is 0 Å². The van der Waals surface area contributed by atoms with Crippen LogP contribution in [0.5, 0.6) is 0 Å². The molecular weight excluding hydrogens is 152 g/mol. The topological polar surface area (TPSA) is 26.3 Å². The summed E-state index contributed by atoms with van der Waals surface area (Å²) >= 11 is 0. The Morgan fingerprint density at radius 1 is 1.42 bits per heavy atom. The second-order valence-electron chi connectivity index (χ2n) is 4.38. The molecule has 0 amide bonds. The Hall–Kier alpha value is -0.530. The largest absolute Gasteiger partial charge is 0.469 e. The van der Waals surface area contributed by atoms with Gasteiger partial charge in [-0.1, -0.05) is 20.8 Å². The maximum atomic E-state index is 11.4. The van der Waals surface area contributed by atoms with Crippen molar-refractivity contribution in [2.75, 3.05) is 7.11 Å². The molecule has 0 radical (unpaired) electrons. The fourth-order valence-electron chi connectivity index (χ4n) is 2.07. The van der Waals surface area contributed by atoms with Gasteiger partial charge in [0.15, 0.2) is 0 Å². The van der Waals surface area contributed by atoms with Crippen LogP contribution in [0.1, 0.15) is 33.6 Å². The number of esters is 1. The SMILES string of the molecule is COC(=O)[C@@H]1CC[C@@H](C)C1(C)C. The highest BCUT2D eigenvalue weighted by molar-refractivity contribution is 5.73. The van der Waals surface area contributed by atoms with Crippen molar-refractivity contribution in [2.24, 2.45) is 17.3 Å². The molecule has 2 heteroatoms. The number of ether oxygens (including phenoxy) is 1. The lowest BCUT2D eigenvalue weighted by Gasteiger charge is -2.29. The van der Waals surface area contributed by atoms with E-state index in [0.717, 1.165) is 12.8 Å². The summed E-state index contributed by atoms with van der Waals surface area (Å²) in [6.07, 6.45) is 2.13. The van der Waals surface area contributed by atoms with Crippen molar-refractivity contribution in [3.8, 4) is 0 Å². The molecule has 1 fully saturated rings. The molecule has 0 unspecified atom stereocenters. The zero-order chi connectivity index (χ0) is 9.35. The predicted molar refractivity (Wildman–Crippen MR) is 47.7 cm³/mol. The molecule has 12 heavy (non-hydrogen) atoms. The Bertz CT molecular complexity index is 184. The summed E-state index contributed by atoms with van der Waals surface area (Å²) in [7, 11) is 1.47. The standard InChI is InChI=1S/C10H18O2/c1-7-5-6-8(9(11)12-4)10(7,2)3/h7-8H,5-6H2,1-4H3/t7-,8+/m1/s1. The first-order valence-corrected chi connectivity index (χ1v) is 4.58. The molecule has 2 atom stereocenters. The number of carbonyl (C=O) groups excluding carboxylic acids is 1. The van der Waals surface area contributed by atoms with E-state index in [4.69, 9.17) is 4.74 Å². The molecule has 0 aromatic carbocycles. The van der Waals surface area contributed by atoms with Crippen LogP contribution >= 0.6 is 0 Å². The minimum atomic E-state index is -0.0376. The third-order valence-electron chi connectivity index (χ3n) is 3.54. The van der Waals surface area contributed by atoms with Crippen molar-refractivity contribution in [1.29, 1.82) is 0 Å². The molecule has 0 aromatic rings. The number of hydrogen-bond acceptors (Lipinski definition) is 2. The van der Waals surface area contributed by atoms with Gasteiger partial charge in [-0.05, 0) is 24.2 Å². The Morgan fingerprint density at radius 3 is 2.33 bits per heavy atom. The van der Waals surface area contributed by atoms with Gasteiger partial charge in [0.05, 0.1) is 13.0 Å². The van der Waals surface area contributed by atoms with Gasteiger partial charge in [-0.2, -0.15) is 0 Å². The summed E-state index contributed by atoms with van der Waals surface area (Å²) in [5.41, 5.74) is 0.118. The van der Waals surface area contributed by atoms with Crippen LogP contribution in [0.2, 0.25) is 0 Å². The summed E-state index contributed by atoms with van der Waals surface area (Å²) < 4.78 is 4.78. The molecule has 2 nitrogen and oxygen atoms in total. The van der Waals surface area contributed by atoms with Crippen LogP contribution in [0.25, 0.3) is 0 Å². The summed E-state index contributed by atoms with van der Waals surface area (Å²) in [5.74, 6) is 0.698. The Balaban J connectivity index is 2.74. The van der Waals surface area contributed by atoms with Gasteiger partial charge in [-0.3, -0.25) is 4.79 Å². The average Bonchev–Trinajstić information content (AvgIpc) is 2.27. The van der Waals surface area contributed by atoms with Crippen molar-refractivity contribution in [3.63, 3.8) is 0 Å². The first kappa shape index (κ1) is 9.56. The molecule has 1 aliphatic rings. The highest BCUT2D eigenvalue weighted by Crippen LogP contribution is 2.47. The molecule has 1 aliphatic carbocycles. The van der Waals surface area contributed by atoms with Crippen molar-refractivity contribution in [2.45, 2.75) is 33.6 Å².